The van der Waals surface area contributed by atoms with E-state index in [0.717, 1.165) is 30.5 Å². The Balaban J connectivity index is 2.09. The van der Waals surface area contributed by atoms with Gasteiger partial charge in [-0.1, -0.05) is 23.8 Å². The van der Waals surface area contributed by atoms with Crippen molar-refractivity contribution in [3.8, 4) is 0 Å². The molecular weight excluding hydrogens is 226 g/mol. The third kappa shape index (κ3) is 2.72. The monoisotopic (exact) mass is 247 g/mol. The molecule has 1 saturated heterocycles. The molecule has 1 amide bonds. The van der Waals surface area contributed by atoms with Crippen LogP contribution in [0.5, 0.6) is 0 Å². The van der Waals surface area contributed by atoms with Gasteiger partial charge in [0.1, 0.15) is 0 Å². The second-order valence-electron chi connectivity index (χ2n) is 5.17. The van der Waals surface area contributed by atoms with Gasteiger partial charge in [0.15, 0.2) is 0 Å². The summed E-state index contributed by atoms with van der Waals surface area (Å²) in [7, 11) is 0. The zero-order valence-corrected chi connectivity index (χ0v) is 11.1. The second-order valence-corrected chi connectivity index (χ2v) is 5.17. The number of carbonyl (C=O) groups is 1. The summed E-state index contributed by atoms with van der Waals surface area (Å²) < 4.78 is 0. The van der Waals surface area contributed by atoms with Crippen molar-refractivity contribution in [2.24, 2.45) is 0 Å². The maximum absolute atomic E-state index is 12.3. The number of likely N-dealkylation sites (tertiary alicyclic amines) is 1. The Morgan fingerprint density at radius 2 is 2.22 bits per heavy atom. The molecule has 1 aliphatic heterocycles. The Kier molecular flexibility index (Phi) is 4.02. The van der Waals surface area contributed by atoms with Crippen LogP contribution >= 0.6 is 0 Å². The largest absolute Gasteiger partial charge is 0.394 e. The Morgan fingerprint density at radius 1 is 1.44 bits per heavy atom. The van der Waals surface area contributed by atoms with E-state index in [2.05, 4.69) is 18.2 Å². The highest BCUT2D eigenvalue weighted by Crippen LogP contribution is 2.19. The maximum Gasteiger partial charge on any atom is 0.227 e. The van der Waals surface area contributed by atoms with E-state index in [4.69, 9.17) is 0 Å². The van der Waals surface area contributed by atoms with E-state index in [1.807, 2.05) is 18.7 Å². The van der Waals surface area contributed by atoms with Crippen LogP contribution in [0.2, 0.25) is 0 Å². The summed E-state index contributed by atoms with van der Waals surface area (Å²) in [5.74, 6) is 0.139. The summed E-state index contributed by atoms with van der Waals surface area (Å²) in [5, 5.41) is 9.26. The molecule has 0 aliphatic carbocycles. The number of hydrogen-bond donors (Lipinski definition) is 1. The molecule has 0 bridgehead atoms. The van der Waals surface area contributed by atoms with E-state index in [1.165, 1.54) is 5.56 Å². The van der Waals surface area contributed by atoms with Gasteiger partial charge in [-0.15, -0.1) is 0 Å². The van der Waals surface area contributed by atoms with Gasteiger partial charge in [0.2, 0.25) is 5.91 Å². The molecule has 0 saturated carbocycles. The summed E-state index contributed by atoms with van der Waals surface area (Å²) in [6, 6.07) is 6.24. The van der Waals surface area contributed by atoms with Gasteiger partial charge in [-0.05, 0) is 37.8 Å². The predicted molar refractivity (Wildman–Crippen MR) is 71.4 cm³/mol. The lowest BCUT2D eigenvalue weighted by atomic mass is 10.0. The highest BCUT2D eigenvalue weighted by atomic mass is 16.3. The Bertz CT molecular complexity index is 442. The highest BCUT2D eigenvalue weighted by molar-refractivity contribution is 5.79. The minimum atomic E-state index is 0.0302. The average Bonchev–Trinajstić information content (AvgIpc) is 2.82. The Labute approximate surface area is 108 Å². The zero-order chi connectivity index (χ0) is 13.1. The van der Waals surface area contributed by atoms with Crippen LogP contribution in [-0.4, -0.2) is 35.1 Å². The average molecular weight is 247 g/mol. The second kappa shape index (κ2) is 5.53. The number of amides is 1. The van der Waals surface area contributed by atoms with Crippen molar-refractivity contribution >= 4 is 5.91 Å². The first kappa shape index (κ1) is 13.1. The minimum Gasteiger partial charge on any atom is -0.394 e. The number of nitrogens with zero attached hydrogens (tertiary/aromatic N) is 1. The van der Waals surface area contributed by atoms with Crippen molar-refractivity contribution in [1.82, 2.24) is 4.90 Å². The van der Waals surface area contributed by atoms with Gasteiger partial charge in [-0.2, -0.15) is 0 Å². The Morgan fingerprint density at radius 3 is 2.94 bits per heavy atom. The SMILES string of the molecule is Cc1ccc(C)c(CC(=O)N2CCC[C@@H]2CO)c1. The van der Waals surface area contributed by atoms with Gasteiger partial charge in [0, 0.05) is 6.54 Å². The fraction of sp³-hybridized carbons (Fsp3) is 0.533. The zero-order valence-electron chi connectivity index (χ0n) is 11.1. The number of aliphatic hydroxyl groups excluding tert-OH is 1. The minimum absolute atomic E-state index is 0.0302. The van der Waals surface area contributed by atoms with E-state index in [9.17, 15) is 9.90 Å². The van der Waals surface area contributed by atoms with E-state index in [0.29, 0.717) is 6.42 Å². The van der Waals surface area contributed by atoms with Crippen molar-refractivity contribution in [3.63, 3.8) is 0 Å². The molecule has 1 aromatic carbocycles. The molecule has 0 aromatic heterocycles. The molecule has 0 spiro atoms. The number of rotatable bonds is 3. The Hall–Kier alpha value is -1.35. The van der Waals surface area contributed by atoms with Crippen molar-refractivity contribution in [2.45, 2.75) is 39.2 Å². The molecule has 3 heteroatoms. The van der Waals surface area contributed by atoms with Crippen LogP contribution in [-0.2, 0) is 11.2 Å². The molecule has 1 fully saturated rings. The molecule has 3 nitrogen and oxygen atoms in total. The molecule has 1 aliphatic rings. The summed E-state index contributed by atoms with van der Waals surface area (Å²) in [6.07, 6.45) is 2.38. The number of hydrogen-bond acceptors (Lipinski definition) is 2. The van der Waals surface area contributed by atoms with Crippen molar-refractivity contribution in [2.75, 3.05) is 13.2 Å². The molecule has 1 aromatic rings. The van der Waals surface area contributed by atoms with E-state index >= 15 is 0 Å². The predicted octanol–water partition coefficient (Wildman–Crippen LogP) is 1.83. The molecule has 18 heavy (non-hydrogen) atoms. The molecule has 98 valence electrons. The summed E-state index contributed by atoms with van der Waals surface area (Å²) in [5.41, 5.74) is 3.45. The van der Waals surface area contributed by atoms with Crippen molar-refractivity contribution in [1.29, 1.82) is 0 Å². The van der Waals surface area contributed by atoms with Gasteiger partial charge in [-0.3, -0.25) is 4.79 Å². The maximum atomic E-state index is 12.3. The van der Waals surface area contributed by atoms with Crippen LogP contribution in [0.25, 0.3) is 0 Å². The van der Waals surface area contributed by atoms with E-state index < -0.39 is 0 Å². The fourth-order valence-corrected chi connectivity index (χ4v) is 2.61. The van der Waals surface area contributed by atoms with Crippen LogP contribution in [0.1, 0.15) is 29.5 Å². The van der Waals surface area contributed by atoms with Crippen LogP contribution in [0.15, 0.2) is 18.2 Å². The van der Waals surface area contributed by atoms with Gasteiger partial charge in [-0.25, -0.2) is 0 Å². The first-order valence-electron chi connectivity index (χ1n) is 6.58. The van der Waals surface area contributed by atoms with E-state index in [-0.39, 0.29) is 18.6 Å². The third-order valence-corrected chi connectivity index (χ3v) is 3.75. The standard InChI is InChI=1S/C15H21NO2/c1-11-5-6-12(2)13(8-11)9-15(18)16-7-3-4-14(16)10-17/h5-6,8,14,17H,3-4,7,9-10H2,1-2H3/t14-/m1/s1. The highest BCUT2D eigenvalue weighted by Gasteiger charge is 2.27. The number of benzene rings is 1. The van der Waals surface area contributed by atoms with Crippen molar-refractivity contribution < 1.29 is 9.90 Å². The first-order chi connectivity index (χ1) is 8.61. The lowest BCUT2D eigenvalue weighted by molar-refractivity contribution is -0.132. The van der Waals surface area contributed by atoms with Crippen molar-refractivity contribution in [3.05, 3.63) is 34.9 Å². The van der Waals surface area contributed by atoms with E-state index in [1.54, 1.807) is 0 Å². The number of aliphatic hydroxyl groups is 1. The van der Waals surface area contributed by atoms with Gasteiger partial charge < -0.3 is 10.0 Å². The lowest BCUT2D eigenvalue weighted by Gasteiger charge is -2.23. The van der Waals surface area contributed by atoms with Gasteiger partial charge in [0.05, 0.1) is 19.1 Å². The smallest absolute Gasteiger partial charge is 0.227 e. The third-order valence-electron chi connectivity index (χ3n) is 3.75. The lowest BCUT2D eigenvalue weighted by Crippen LogP contribution is -2.38. The van der Waals surface area contributed by atoms with Gasteiger partial charge in [0.25, 0.3) is 0 Å². The quantitative estimate of drug-likeness (QED) is 0.885. The number of carbonyl (C=O) groups excluding carboxylic acids is 1. The molecular formula is C15H21NO2. The molecule has 0 unspecified atom stereocenters. The van der Waals surface area contributed by atoms with Crippen LogP contribution in [0.4, 0.5) is 0 Å². The summed E-state index contributed by atoms with van der Waals surface area (Å²) >= 11 is 0. The van der Waals surface area contributed by atoms with Crippen LogP contribution in [0, 0.1) is 13.8 Å². The number of aryl methyl sites for hydroxylation is 2. The molecule has 1 N–H and O–H groups in total. The molecule has 1 atom stereocenters. The molecule has 0 radical (unpaired) electrons. The molecule has 1 heterocycles. The summed E-state index contributed by atoms with van der Waals surface area (Å²) in [6.45, 7) is 4.95. The topological polar surface area (TPSA) is 40.5 Å². The van der Waals surface area contributed by atoms with Crippen LogP contribution < -0.4 is 0 Å². The fourth-order valence-electron chi connectivity index (χ4n) is 2.61. The normalized spacial score (nSPS) is 19.3. The summed E-state index contributed by atoms with van der Waals surface area (Å²) in [4.78, 5) is 14.1. The first-order valence-corrected chi connectivity index (χ1v) is 6.58. The van der Waals surface area contributed by atoms with Gasteiger partial charge >= 0.3 is 0 Å². The van der Waals surface area contributed by atoms with Crippen LogP contribution in [0.3, 0.4) is 0 Å². The molecule has 2 rings (SSSR count).